The Hall–Kier alpha value is -3.18. The summed E-state index contributed by atoms with van der Waals surface area (Å²) >= 11 is 0. The largest absolute Gasteiger partial charge is 0.352 e. The second-order valence-corrected chi connectivity index (χ2v) is 9.64. The van der Waals surface area contributed by atoms with Crippen LogP contribution in [0.15, 0.2) is 38.8 Å². The molecular weight excluding hydrogens is 422 g/mol. The summed E-state index contributed by atoms with van der Waals surface area (Å²) in [6.07, 6.45) is 0.268. The minimum absolute atomic E-state index is 0.0766. The van der Waals surface area contributed by atoms with Crippen molar-refractivity contribution in [2.45, 2.75) is 31.2 Å². The first-order valence-corrected chi connectivity index (χ1v) is 11.0. The zero-order valence-electron chi connectivity index (χ0n) is 17.8. The number of aromatic amines is 2. The number of hydrogen-bond acceptors (Lipinski definition) is 5. The second kappa shape index (κ2) is 8.52. The van der Waals surface area contributed by atoms with E-state index >= 15 is 0 Å². The van der Waals surface area contributed by atoms with Crippen LogP contribution in [0.25, 0.3) is 11.0 Å². The van der Waals surface area contributed by atoms with Crippen LogP contribution in [-0.2, 0) is 34.8 Å². The second-order valence-electron chi connectivity index (χ2n) is 7.49. The van der Waals surface area contributed by atoms with Gasteiger partial charge in [-0.2, -0.15) is 0 Å². The number of rotatable bonds is 7. The number of fused-ring (bicyclic) bond motifs is 1. The molecule has 11 heteroatoms. The smallest absolute Gasteiger partial charge is 0.273 e. The van der Waals surface area contributed by atoms with Crippen LogP contribution in [0.1, 0.15) is 23.1 Å². The zero-order valence-corrected chi connectivity index (χ0v) is 18.6. The number of benzene rings is 1. The van der Waals surface area contributed by atoms with Crippen LogP contribution in [0.3, 0.4) is 0 Å². The van der Waals surface area contributed by atoms with E-state index in [2.05, 4.69) is 15.4 Å². The van der Waals surface area contributed by atoms with Gasteiger partial charge in [0.1, 0.15) is 5.65 Å². The summed E-state index contributed by atoms with van der Waals surface area (Å²) in [6, 6.07) is 6.26. The van der Waals surface area contributed by atoms with Crippen molar-refractivity contribution < 1.29 is 13.2 Å². The molecule has 3 aromatic rings. The molecule has 0 unspecified atom stereocenters. The minimum Gasteiger partial charge on any atom is -0.352 e. The number of sulfonamides is 1. The van der Waals surface area contributed by atoms with Crippen molar-refractivity contribution in [1.29, 1.82) is 0 Å². The average Bonchev–Trinajstić information content (AvgIpc) is 2.99. The highest BCUT2D eigenvalue weighted by Crippen LogP contribution is 2.15. The maximum atomic E-state index is 12.4. The molecule has 0 atom stereocenters. The highest BCUT2D eigenvalue weighted by atomic mass is 32.2. The summed E-state index contributed by atoms with van der Waals surface area (Å²) in [5.74, 6) is -0.258. The lowest BCUT2D eigenvalue weighted by molar-refractivity contribution is -0.121. The lowest BCUT2D eigenvalue weighted by Gasteiger charge is -2.12. The minimum atomic E-state index is -3.50. The van der Waals surface area contributed by atoms with E-state index < -0.39 is 10.0 Å². The van der Waals surface area contributed by atoms with E-state index in [1.54, 1.807) is 26.1 Å². The molecule has 2 aromatic heterocycles. The molecular formula is C20H25N5O5S. The Morgan fingerprint density at radius 3 is 2.39 bits per heavy atom. The maximum Gasteiger partial charge on any atom is 0.273 e. The number of hydrogen-bond donors (Lipinski definition) is 3. The number of aryl methyl sites for hydroxylation is 2. The van der Waals surface area contributed by atoms with E-state index in [1.807, 2.05) is 0 Å². The highest BCUT2D eigenvalue weighted by Gasteiger charge is 2.17. The number of carbonyl (C=O) groups excluding carboxylic acids is 1. The van der Waals surface area contributed by atoms with Gasteiger partial charge in [-0.05, 0) is 36.6 Å². The summed E-state index contributed by atoms with van der Waals surface area (Å²) < 4.78 is 26.8. The van der Waals surface area contributed by atoms with Crippen molar-refractivity contribution in [2.24, 2.45) is 7.05 Å². The van der Waals surface area contributed by atoms with Crippen LogP contribution >= 0.6 is 0 Å². The molecule has 0 fully saturated rings. The van der Waals surface area contributed by atoms with Gasteiger partial charge >= 0.3 is 0 Å². The number of H-pyrrole nitrogens is 2. The van der Waals surface area contributed by atoms with Crippen LogP contribution < -0.4 is 16.4 Å². The number of amides is 1. The van der Waals surface area contributed by atoms with Gasteiger partial charge in [0.25, 0.3) is 11.1 Å². The van der Waals surface area contributed by atoms with Crippen molar-refractivity contribution in [3.63, 3.8) is 0 Å². The molecule has 0 aliphatic carbocycles. The molecule has 1 amide bonds. The number of nitrogens with zero attached hydrogens (tertiary/aromatic N) is 2. The van der Waals surface area contributed by atoms with Crippen molar-refractivity contribution in [1.82, 2.24) is 24.4 Å². The normalized spacial score (nSPS) is 11.9. The van der Waals surface area contributed by atoms with Crippen molar-refractivity contribution in [3.8, 4) is 0 Å². The average molecular weight is 448 g/mol. The van der Waals surface area contributed by atoms with Gasteiger partial charge in [0, 0.05) is 39.7 Å². The van der Waals surface area contributed by atoms with Crippen LogP contribution in [-0.4, -0.2) is 47.5 Å². The van der Waals surface area contributed by atoms with Gasteiger partial charge < -0.3 is 10.3 Å². The van der Waals surface area contributed by atoms with Gasteiger partial charge in [-0.1, -0.05) is 12.1 Å². The Morgan fingerprint density at radius 2 is 1.77 bits per heavy atom. The van der Waals surface area contributed by atoms with E-state index in [0.29, 0.717) is 22.2 Å². The van der Waals surface area contributed by atoms with Gasteiger partial charge in [-0.25, -0.2) is 12.7 Å². The first-order valence-electron chi connectivity index (χ1n) is 9.61. The maximum absolute atomic E-state index is 12.4. The number of carbonyl (C=O) groups is 1. The van der Waals surface area contributed by atoms with Crippen LogP contribution in [0.2, 0.25) is 0 Å². The fourth-order valence-corrected chi connectivity index (χ4v) is 4.26. The molecule has 0 radical (unpaired) electrons. The van der Waals surface area contributed by atoms with Gasteiger partial charge in [0.05, 0.1) is 10.3 Å². The molecule has 0 spiro atoms. The molecule has 0 bridgehead atoms. The first-order chi connectivity index (χ1) is 14.5. The summed E-state index contributed by atoms with van der Waals surface area (Å²) in [7, 11) is 1.05. The summed E-state index contributed by atoms with van der Waals surface area (Å²) in [5, 5.41) is 5.77. The van der Waals surface area contributed by atoms with Gasteiger partial charge in [-0.3, -0.25) is 24.2 Å². The van der Waals surface area contributed by atoms with E-state index in [-0.39, 0.29) is 41.3 Å². The summed E-state index contributed by atoms with van der Waals surface area (Å²) in [5.41, 5.74) is 1.50. The van der Waals surface area contributed by atoms with Crippen molar-refractivity contribution >= 4 is 27.0 Å². The van der Waals surface area contributed by atoms with Gasteiger partial charge in [-0.15, -0.1) is 0 Å². The third-order valence-corrected chi connectivity index (χ3v) is 7.03. The van der Waals surface area contributed by atoms with Crippen molar-refractivity contribution in [3.05, 3.63) is 61.7 Å². The van der Waals surface area contributed by atoms with E-state index in [1.165, 1.54) is 30.9 Å². The molecule has 10 nitrogen and oxygen atoms in total. The fourth-order valence-electron chi connectivity index (χ4n) is 3.36. The monoisotopic (exact) mass is 447 g/mol. The van der Waals surface area contributed by atoms with Crippen molar-refractivity contribution in [2.75, 3.05) is 14.1 Å². The van der Waals surface area contributed by atoms with Crippen LogP contribution in [0, 0.1) is 6.92 Å². The van der Waals surface area contributed by atoms with E-state index in [9.17, 15) is 22.8 Å². The van der Waals surface area contributed by atoms with Gasteiger partial charge in [0.15, 0.2) is 0 Å². The molecule has 3 N–H and O–H groups in total. The number of aromatic nitrogens is 3. The molecule has 0 aliphatic heterocycles. The Kier molecular flexibility index (Phi) is 6.18. The number of nitrogens with one attached hydrogen (secondary N) is 3. The standard InChI is InChI=1S/C20H25N5O5S/c1-12-15(19(27)22-18-17(12)20(28)23-25(18)4)9-10-16(26)21-11-13-5-7-14(8-6-13)31(29,30)24(2)3/h5-8H,9-11H2,1-4H3,(H,21,26)(H,22,27)(H,23,28). The third-order valence-electron chi connectivity index (χ3n) is 5.20. The topological polar surface area (TPSA) is 137 Å². The SMILES string of the molecule is Cc1c(CCC(=O)NCc2ccc(S(=O)(=O)N(C)C)cc2)c(=O)[nH]c2c1c(=O)[nH]n2C. The Labute approximate surface area is 178 Å². The van der Waals surface area contributed by atoms with Crippen LogP contribution in [0.4, 0.5) is 0 Å². The summed E-state index contributed by atoms with van der Waals surface area (Å²) in [6.45, 7) is 1.93. The first kappa shape index (κ1) is 22.5. The quantitative estimate of drug-likeness (QED) is 0.480. The van der Waals surface area contributed by atoms with Crippen LogP contribution in [0.5, 0.6) is 0 Å². The Balaban J connectivity index is 1.64. The molecule has 0 saturated heterocycles. The van der Waals surface area contributed by atoms with E-state index in [0.717, 1.165) is 9.87 Å². The molecule has 0 aliphatic rings. The Bertz CT molecular complexity index is 1350. The summed E-state index contributed by atoms with van der Waals surface area (Å²) in [4.78, 5) is 39.6. The highest BCUT2D eigenvalue weighted by molar-refractivity contribution is 7.89. The molecule has 1 aromatic carbocycles. The zero-order chi connectivity index (χ0) is 22.9. The lowest BCUT2D eigenvalue weighted by Crippen LogP contribution is -2.25. The molecule has 3 rings (SSSR count). The van der Waals surface area contributed by atoms with E-state index in [4.69, 9.17) is 0 Å². The molecule has 0 saturated carbocycles. The Morgan fingerprint density at radius 1 is 1.13 bits per heavy atom. The number of pyridine rings is 1. The molecule has 166 valence electrons. The molecule has 31 heavy (non-hydrogen) atoms. The predicted molar refractivity (Wildman–Crippen MR) is 116 cm³/mol. The lowest BCUT2D eigenvalue weighted by atomic mass is 10.0. The fraction of sp³-hybridized carbons (Fsp3) is 0.350. The van der Waals surface area contributed by atoms with Gasteiger partial charge in [0.2, 0.25) is 15.9 Å². The molecule has 2 heterocycles. The third kappa shape index (κ3) is 4.47. The predicted octanol–water partition coefficient (Wildman–Crippen LogP) is 0.363.